The second-order valence-corrected chi connectivity index (χ2v) is 5.66. The van der Waals surface area contributed by atoms with Crippen LogP contribution in [0.3, 0.4) is 0 Å². The molecule has 7 heteroatoms. The number of nitrogens with zero attached hydrogens (tertiary/aromatic N) is 2. The Kier molecular flexibility index (Phi) is 4.62. The Morgan fingerprint density at radius 1 is 1.42 bits per heavy atom. The summed E-state index contributed by atoms with van der Waals surface area (Å²) in [4.78, 5) is 20.2. The van der Waals surface area contributed by atoms with Crippen LogP contribution in [0.15, 0.2) is 10.8 Å². The predicted molar refractivity (Wildman–Crippen MR) is 74.7 cm³/mol. The number of aromatic nitrogens is 2. The van der Waals surface area contributed by atoms with Crippen molar-refractivity contribution in [2.24, 2.45) is 0 Å². The monoisotopic (exact) mass is 298 g/mol. The van der Waals surface area contributed by atoms with E-state index in [1.165, 1.54) is 22.7 Å². The first kappa shape index (κ1) is 14.1. The van der Waals surface area contributed by atoms with E-state index in [2.05, 4.69) is 9.97 Å². The van der Waals surface area contributed by atoms with Gasteiger partial charge in [0.05, 0.1) is 18.2 Å². The van der Waals surface area contributed by atoms with E-state index in [-0.39, 0.29) is 12.5 Å². The quantitative estimate of drug-likeness (QED) is 0.859. The van der Waals surface area contributed by atoms with E-state index in [4.69, 9.17) is 9.84 Å². The molecule has 0 aromatic carbocycles. The molecule has 5 nitrogen and oxygen atoms in total. The number of ether oxygens (including phenoxy) is 1. The average molecular weight is 298 g/mol. The molecule has 0 spiro atoms. The molecule has 2 aromatic heterocycles. The highest BCUT2D eigenvalue weighted by molar-refractivity contribution is 7.14. The van der Waals surface area contributed by atoms with Crippen LogP contribution in [0.5, 0.6) is 0 Å². The minimum atomic E-state index is -0.413. The lowest BCUT2D eigenvalue weighted by Crippen LogP contribution is -2.04. The molecule has 19 heavy (non-hydrogen) atoms. The van der Waals surface area contributed by atoms with E-state index >= 15 is 0 Å². The fourth-order valence-corrected chi connectivity index (χ4v) is 3.06. The van der Waals surface area contributed by atoms with Gasteiger partial charge in [0.1, 0.15) is 10.7 Å². The van der Waals surface area contributed by atoms with Crippen LogP contribution in [0.1, 0.15) is 35.3 Å². The van der Waals surface area contributed by atoms with Crippen molar-refractivity contribution in [3.8, 4) is 10.7 Å². The molecule has 0 radical (unpaired) electrons. The Hall–Kier alpha value is -1.31. The van der Waals surface area contributed by atoms with Gasteiger partial charge in [-0.1, -0.05) is 6.92 Å². The van der Waals surface area contributed by atoms with E-state index in [1.807, 2.05) is 12.3 Å². The van der Waals surface area contributed by atoms with Gasteiger partial charge in [-0.05, 0) is 6.92 Å². The molecule has 0 fully saturated rings. The maximum atomic E-state index is 11.5. The van der Waals surface area contributed by atoms with Crippen molar-refractivity contribution in [1.82, 2.24) is 9.97 Å². The van der Waals surface area contributed by atoms with Crippen LogP contribution >= 0.6 is 22.7 Å². The molecule has 0 saturated heterocycles. The lowest BCUT2D eigenvalue weighted by Gasteiger charge is -2.00. The number of rotatable bonds is 5. The fourth-order valence-electron chi connectivity index (χ4n) is 1.38. The van der Waals surface area contributed by atoms with Crippen molar-refractivity contribution < 1.29 is 14.6 Å². The largest absolute Gasteiger partial charge is 0.461 e. The van der Waals surface area contributed by atoms with Gasteiger partial charge in [-0.3, -0.25) is 0 Å². The van der Waals surface area contributed by atoms with Crippen LogP contribution in [0.25, 0.3) is 10.7 Å². The number of esters is 1. The van der Waals surface area contributed by atoms with Gasteiger partial charge in [0.25, 0.3) is 0 Å². The molecule has 2 rings (SSSR count). The molecule has 1 N–H and O–H groups in total. The van der Waals surface area contributed by atoms with E-state index in [9.17, 15) is 4.79 Å². The van der Waals surface area contributed by atoms with Crippen LogP contribution < -0.4 is 0 Å². The fraction of sp³-hybridized carbons (Fsp3) is 0.417. The number of carbonyl (C=O) groups excluding carboxylic acids is 1. The lowest BCUT2D eigenvalue weighted by molar-refractivity contribution is 0.0520. The van der Waals surface area contributed by atoms with Crippen molar-refractivity contribution in [3.63, 3.8) is 0 Å². The number of aliphatic hydroxyl groups excluding tert-OH is 1. The smallest absolute Gasteiger partial charge is 0.357 e. The number of thiazole rings is 2. The summed E-state index contributed by atoms with van der Waals surface area (Å²) in [6.07, 6.45) is 0. The van der Waals surface area contributed by atoms with Gasteiger partial charge in [-0.2, -0.15) is 0 Å². The summed E-state index contributed by atoms with van der Waals surface area (Å²) < 4.78 is 4.89. The maximum Gasteiger partial charge on any atom is 0.357 e. The first-order chi connectivity index (χ1) is 9.15. The predicted octanol–water partition coefficient (Wildman–Crippen LogP) is 2.54. The number of aliphatic hydroxyl groups is 1. The first-order valence-corrected chi connectivity index (χ1v) is 7.61. The zero-order chi connectivity index (χ0) is 13.8. The summed E-state index contributed by atoms with van der Waals surface area (Å²) in [6.45, 7) is 4.07. The summed E-state index contributed by atoms with van der Waals surface area (Å²) in [5.74, 6) is -0.396. The normalized spacial score (nSPS) is 12.4. The van der Waals surface area contributed by atoms with Gasteiger partial charge in [0, 0.05) is 16.7 Å². The zero-order valence-electron chi connectivity index (χ0n) is 10.6. The highest BCUT2D eigenvalue weighted by Crippen LogP contribution is 2.28. The number of hydrogen-bond acceptors (Lipinski definition) is 7. The van der Waals surface area contributed by atoms with Crippen LogP contribution in [-0.2, 0) is 4.74 Å². The molecule has 0 bridgehead atoms. The Morgan fingerprint density at radius 3 is 2.89 bits per heavy atom. The summed E-state index contributed by atoms with van der Waals surface area (Å²) in [5.41, 5.74) is 1.05. The topological polar surface area (TPSA) is 72.3 Å². The third-order valence-corrected chi connectivity index (χ3v) is 4.37. The standard InChI is InChI=1S/C12H14N2O3S2/c1-3-17-12(16)9-6-19-11(14-9)8-5-18-10(13-8)7(2)4-15/h5-7,15H,3-4H2,1-2H3/t7-/m0/s1. The van der Waals surface area contributed by atoms with Crippen molar-refractivity contribution in [3.05, 3.63) is 21.5 Å². The van der Waals surface area contributed by atoms with Gasteiger partial charge >= 0.3 is 5.97 Å². The minimum absolute atomic E-state index is 0.0169. The molecule has 2 aromatic rings. The maximum absolute atomic E-state index is 11.5. The molecular formula is C12H14N2O3S2. The minimum Gasteiger partial charge on any atom is -0.461 e. The zero-order valence-corrected chi connectivity index (χ0v) is 12.3. The molecule has 0 amide bonds. The van der Waals surface area contributed by atoms with Crippen molar-refractivity contribution in [1.29, 1.82) is 0 Å². The molecule has 0 saturated carbocycles. The number of hydrogen-bond donors (Lipinski definition) is 1. The van der Waals surface area contributed by atoms with Crippen molar-refractivity contribution in [2.45, 2.75) is 19.8 Å². The summed E-state index contributed by atoms with van der Waals surface area (Å²) in [6, 6.07) is 0. The van der Waals surface area contributed by atoms with Crippen molar-refractivity contribution >= 4 is 28.6 Å². The second-order valence-electron chi connectivity index (χ2n) is 3.91. The molecule has 0 aliphatic rings. The third kappa shape index (κ3) is 3.17. The summed E-state index contributed by atoms with van der Waals surface area (Å²) in [7, 11) is 0. The van der Waals surface area contributed by atoms with E-state index < -0.39 is 5.97 Å². The van der Waals surface area contributed by atoms with Crippen LogP contribution in [0.2, 0.25) is 0 Å². The second kappa shape index (κ2) is 6.23. The molecule has 2 heterocycles. The van der Waals surface area contributed by atoms with Gasteiger partial charge < -0.3 is 9.84 Å². The average Bonchev–Trinajstić information content (AvgIpc) is 3.06. The van der Waals surface area contributed by atoms with E-state index in [1.54, 1.807) is 12.3 Å². The van der Waals surface area contributed by atoms with Gasteiger partial charge in [0.2, 0.25) is 0 Å². The highest BCUT2D eigenvalue weighted by atomic mass is 32.1. The Bertz CT molecular complexity index is 565. The lowest BCUT2D eigenvalue weighted by atomic mass is 10.2. The Morgan fingerprint density at radius 2 is 2.21 bits per heavy atom. The Labute approximate surface area is 118 Å². The summed E-state index contributed by atoms with van der Waals surface area (Å²) >= 11 is 2.84. The third-order valence-electron chi connectivity index (χ3n) is 2.43. The highest BCUT2D eigenvalue weighted by Gasteiger charge is 2.16. The van der Waals surface area contributed by atoms with E-state index in [0.717, 1.165) is 10.7 Å². The molecule has 0 aliphatic heterocycles. The molecule has 102 valence electrons. The van der Waals surface area contributed by atoms with Gasteiger partial charge in [-0.15, -0.1) is 22.7 Å². The van der Waals surface area contributed by atoms with Gasteiger partial charge in [-0.25, -0.2) is 14.8 Å². The molecule has 1 atom stereocenters. The van der Waals surface area contributed by atoms with E-state index in [0.29, 0.717) is 17.3 Å². The SMILES string of the molecule is CCOC(=O)c1csc(-c2csc([C@@H](C)CO)n2)n1. The van der Waals surface area contributed by atoms with Gasteiger partial charge in [0.15, 0.2) is 5.69 Å². The Balaban J connectivity index is 2.18. The molecule has 0 aliphatic carbocycles. The molecule has 0 unspecified atom stereocenters. The summed E-state index contributed by atoms with van der Waals surface area (Å²) in [5, 5.41) is 14.2. The van der Waals surface area contributed by atoms with Crippen molar-refractivity contribution in [2.75, 3.05) is 13.2 Å². The van der Waals surface area contributed by atoms with Crippen LogP contribution in [-0.4, -0.2) is 34.3 Å². The van der Waals surface area contributed by atoms with Crippen LogP contribution in [0, 0.1) is 0 Å². The van der Waals surface area contributed by atoms with Crippen LogP contribution in [0.4, 0.5) is 0 Å². The molecular weight excluding hydrogens is 284 g/mol. The first-order valence-electron chi connectivity index (χ1n) is 5.85. The number of carbonyl (C=O) groups is 1.